The lowest BCUT2D eigenvalue weighted by molar-refractivity contribution is -0.139. The first-order valence-electron chi connectivity index (χ1n) is 13.1. The van der Waals surface area contributed by atoms with E-state index in [2.05, 4.69) is 67.3 Å². The van der Waals surface area contributed by atoms with Crippen LogP contribution in [-0.2, 0) is 4.74 Å². The largest absolute Gasteiger partial charge is 0.359 e. The average Bonchev–Trinajstić information content (AvgIpc) is 3.33. The normalized spacial score (nSPS) is 41.4. The maximum atomic E-state index is 7.42. The second kappa shape index (κ2) is 6.79. The van der Waals surface area contributed by atoms with Gasteiger partial charge in [0.25, 0.3) is 0 Å². The van der Waals surface area contributed by atoms with E-state index in [0.29, 0.717) is 17.9 Å². The predicted octanol–water partition coefficient (Wildman–Crippen LogP) is 6.41. The number of allylic oxidation sites excluding steroid dienone is 1. The van der Waals surface area contributed by atoms with Gasteiger partial charge in [-0.15, -0.1) is 0 Å². The second-order valence-electron chi connectivity index (χ2n) is 12.0. The number of rotatable bonds is 2. The smallest absolute Gasteiger partial charge is 0.0974 e. The monoisotopic (exact) mass is 440 g/mol. The van der Waals surface area contributed by atoms with E-state index < -0.39 is 0 Å². The lowest BCUT2D eigenvalue weighted by Gasteiger charge is -2.54. The molecule has 2 saturated carbocycles. The Labute approximate surface area is 197 Å². The zero-order valence-electron chi connectivity index (χ0n) is 20.3. The van der Waals surface area contributed by atoms with Crippen LogP contribution >= 0.6 is 0 Å². The van der Waals surface area contributed by atoms with Crippen molar-refractivity contribution in [3.63, 3.8) is 0 Å². The van der Waals surface area contributed by atoms with Gasteiger partial charge < -0.3 is 9.64 Å². The van der Waals surface area contributed by atoms with E-state index in [1.165, 1.54) is 73.3 Å². The fourth-order valence-corrected chi connectivity index (χ4v) is 8.69. The van der Waals surface area contributed by atoms with Crippen LogP contribution in [0.4, 0.5) is 0 Å². The highest BCUT2D eigenvalue weighted by molar-refractivity contribution is 5.82. The fraction of sp³-hybridized carbons (Fsp3) is 0.567. The van der Waals surface area contributed by atoms with E-state index in [1.54, 1.807) is 5.57 Å². The number of benzene rings is 1. The van der Waals surface area contributed by atoms with Gasteiger partial charge in [0.2, 0.25) is 0 Å². The minimum atomic E-state index is -0.0577. The Kier molecular flexibility index (Phi) is 4.20. The molecule has 0 radical (unpaired) electrons. The van der Waals surface area contributed by atoms with E-state index in [0.717, 1.165) is 0 Å². The second-order valence-corrected chi connectivity index (χ2v) is 12.0. The molecule has 33 heavy (non-hydrogen) atoms. The Morgan fingerprint density at radius 3 is 2.85 bits per heavy atom. The Bertz CT molecular complexity index is 1200. The highest BCUT2D eigenvalue weighted by Crippen LogP contribution is 2.69. The van der Waals surface area contributed by atoms with Crippen LogP contribution < -0.4 is 0 Å². The van der Waals surface area contributed by atoms with E-state index in [1.807, 2.05) is 12.4 Å². The van der Waals surface area contributed by atoms with Crippen molar-refractivity contribution in [2.45, 2.75) is 81.5 Å². The molecule has 3 heterocycles. The third-order valence-electron chi connectivity index (χ3n) is 10.5. The summed E-state index contributed by atoms with van der Waals surface area (Å²) in [6.07, 6.45) is 18.9. The summed E-state index contributed by atoms with van der Waals surface area (Å²) in [7, 11) is 4.49. The number of nitrogens with zero attached hydrogens (tertiary/aromatic N) is 2. The summed E-state index contributed by atoms with van der Waals surface area (Å²) < 4.78 is 7.42. The van der Waals surface area contributed by atoms with Crippen molar-refractivity contribution in [3.05, 3.63) is 65.5 Å². The molecule has 1 aromatic heterocycles. The van der Waals surface area contributed by atoms with Gasteiger partial charge >= 0.3 is 0 Å². The Morgan fingerprint density at radius 2 is 1.97 bits per heavy atom. The van der Waals surface area contributed by atoms with Gasteiger partial charge in [-0.1, -0.05) is 31.2 Å². The number of hydrogen-bond donors (Lipinski definition) is 0. The molecule has 172 valence electrons. The van der Waals surface area contributed by atoms with E-state index in [4.69, 9.17) is 4.74 Å². The molecule has 0 amide bonds. The number of hydrogen-bond acceptors (Lipinski definition) is 3. The SMILES string of the molecule is CN(C)[C@H]1CCC2=CC3=CC[C@]4(C)C(c5ccc6ccncc6c5)CC[C@H]4C34CC[C@]2(C1)O4. The zero-order chi connectivity index (χ0) is 22.4. The van der Waals surface area contributed by atoms with E-state index >= 15 is 0 Å². The predicted molar refractivity (Wildman–Crippen MR) is 133 cm³/mol. The first-order chi connectivity index (χ1) is 15.9. The highest BCUT2D eigenvalue weighted by atomic mass is 16.5. The number of ether oxygens (including phenoxy) is 1. The molecular formula is C30H36N2O. The van der Waals surface area contributed by atoms with Gasteiger partial charge in [-0.25, -0.2) is 0 Å². The van der Waals surface area contributed by atoms with E-state index in [-0.39, 0.29) is 16.6 Å². The molecule has 3 aliphatic carbocycles. The number of aromatic nitrogens is 1. The van der Waals surface area contributed by atoms with Crippen LogP contribution in [0.1, 0.15) is 69.8 Å². The molecule has 2 unspecified atom stereocenters. The molecule has 3 nitrogen and oxygen atoms in total. The minimum Gasteiger partial charge on any atom is -0.359 e. The van der Waals surface area contributed by atoms with Crippen molar-refractivity contribution in [2.75, 3.05) is 14.1 Å². The summed E-state index contributed by atoms with van der Waals surface area (Å²) in [4.78, 5) is 6.81. The minimum absolute atomic E-state index is 0.00448. The standard InChI is InChI=1S/C30H36N2O/c1-28-12-10-24-17-23-6-7-25(32(2)3)18-29(23)13-14-30(24,33-29)27(28)9-8-26(28)21-5-4-20-11-15-31-19-22(20)16-21/h4-5,10-11,15-17,19,25-27H,6-9,12-14,18H2,1-3H3/t25-,26?,27+,28+,29+,30?/m0/s1. The van der Waals surface area contributed by atoms with Gasteiger partial charge in [-0.3, -0.25) is 4.98 Å². The highest BCUT2D eigenvalue weighted by Gasteiger charge is 2.66. The molecule has 3 heteroatoms. The Hall–Kier alpha value is -1.97. The summed E-state index contributed by atoms with van der Waals surface area (Å²) in [5, 5.41) is 2.56. The third-order valence-corrected chi connectivity index (χ3v) is 10.5. The van der Waals surface area contributed by atoms with Crippen molar-refractivity contribution in [1.29, 1.82) is 0 Å². The maximum Gasteiger partial charge on any atom is 0.0974 e. The summed E-state index contributed by atoms with van der Waals surface area (Å²) >= 11 is 0. The maximum absolute atomic E-state index is 7.42. The summed E-state index contributed by atoms with van der Waals surface area (Å²) in [5.74, 6) is 1.20. The first kappa shape index (κ1) is 20.4. The molecule has 2 bridgehead atoms. The van der Waals surface area contributed by atoms with Crippen molar-refractivity contribution in [2.24, 2.45) is 11.3 Å². The van der Waals surface area contributed by atoms with Crippen LogP contribution in [-0.4, -0.2) is 41.2 Å². The number of pyridine rings is 1. The van der Waals surface area contributed by atoms with Gasteiger partial charge in [0.1, 0.15) is 0 Å². The lowest BCUT2D eigenvalue weighted by atomic mass is 9.58. The van der Waals surface area contributed by atoms with Gasteiger partial charge in [0.05, 0.1) is 11.2 Å². The quantitative estimate of drug-likeness (QED) is 0.540. The number of fused-ring (bicyclic) bond motifs is 2. The molecule has 1 aromatic carbocycles. The van der Waals surface area contributed by atoms with Crippen LogP contribution in [0.2, 0.25) is 0 Å². The molecule has 0 N–H and O–H groups in total. The molecule has 3 fully saturated rings. The van der Waals surface area contributed by atoms with Crippen molar-refractivity contribution >= 4 is 10.8 Å². The van der Waals surface area contributed by atoms with Gasteiger partial charge in [0, 0.05) is 23.8 Å². The van der Waals surface area contributed by atoms with Crippen molar-refractivity contribution in [1.82, 2.24) is 9.88 Å². The van der Waals surface area contributed by atoms with Gasteiger partial charge in [-0.2, -0.15) is 0 Å². The Balaban J connectivity index is 1.28. The van der Waals surface area contributed by atoms with Crippen LogP contribution in [0.15, 0.2) is 60.0 Å². The van der Waals surface area contributed by atoms with Crippen molar-refractivity contribution in [3.8, 4) is 0 Å². The van der Waals surface area contributed by atoms with Crippen molar-refractivity contribution < 1.29 is 4.74 Å². The molecule has 2 aliphatic heterocycles. The molecule has 1 saturated heterocycles. The van der Waals surface area contributed by atoms with Crippen LogP contribution in [0, 0.1) is 11.3 Å². The molecule has 7 rings (SSSR count). The molecule has 6 atom stereocenters. The van der Waals surface area contributed by atoms with Crippen LogP contribution in [0.25, 0.3) is 10.8 Å². The van der Waals surface area contributed by atoms with Crippen LogP contribution in [0.5, 0.6) is 0 Å². The van der Waals surface area contributed by atoms with Crippen LogP contribution in [0.3, 0.4) is 0 Å². The fourth-order valence-electron chi connectivity index (χ4n) is 8.69. The molecular weight excluding hydrogens is 404 g/mol. The van der Waals surface area contributed by atoms with Gasteiger partial charge in [-0.05, 0) is 117 Å². The molecule has 2 spiro atoms. The summed E-state index contributed by atoms with van der Waals surface area (Å²) in [6, 6.07) is 9.86. The molecule has 2 aromatic rings. The average molecular weight is 441 g/mol. The topological polar surface area (TPSA) is 25.4 Å². The lowest BCUT2D eigenvalue weighted by Crippen LogP contribution is -2.55. The van der Waals surface area contributed by atoms with Gasteiger partial charge in [0.15, 0.2) is 0 Å². The Morgan fingerprint density at radius 1 is 1.06 bits per heavy atom. The summed E-state index contributed by atoms with van der Waals surface area (Å²) in [5.41, 5.74) is 4.82. The first-order valence-corrected chi connectivity index (χ1v) is 13.1. The zero-order valence-corrected chi connectivity index (χ0v) is 20.3. The molecule has 5 aliphatic rings. The summed E-state index contributed by atoms with van der Waals surface area (Å²) in [6.45, 7) is 2.57. The third kappa shape index (κ3) is 2.67. The van der Waals surface area contributed by atoms with E-state index in [9.17, 15) is 0 Å².